The summed E-state index contributed by atoms with van der Waals surface area (Å²) >= 11 is 1.71. The van der Waals surface area contributed by atoms with Gasteiger partial charge in [0, 0.05) is 11.4 Å². The normalized spacial score (nSPS) is 11.7. The van der Waals surface area contributed by atoms with Crippen LogP contribution in [0.1, 0.15) is 24.1 Å². The minimum Gasteiger partial charge on any atom is -0.334 e. The Hall–Kier alpha value is -1.94. The number of hydrogen-bond acceptors (Lipinski definition) is 2. The van der Waals surface area contributed by atoms with E-state index in [1.807, 2.05) is 55.6 Å². The van der Waals surface area contributed by atoms with E-state index in [1.54, 1.807) is 11.8 Å². The van der Waals surface area contributed by atoms with Gasteiger partial charge in [-0.1, -0.05) is 42.5 Å². The molecule has 21 heavy (non-hydrogen) atoms. The predicted octanol–water partition coefficient (Wildman–Crippen LogP) is 3.97. The van der Waals surface area contributed by atoms with Crippen LogP contribution in [0.15, 0.2) is 59.5 Å². The van der Waals surface area contributed by atoms with E-state index >= 15 is 0 Å². The van der Waals surface area contributed by atoms with Crippen LogP contribution in [0.25, 0.3) is 0 Å². The number of amides is 2. The highest BCUT2D eigenvalue weighted by atomic mass is 32.2. The number of carbonyl (C=O) groups is 1. The quantitative estimate of drug-likeness (QED) is 0.820. The Labute approximate surface area is 130 Å². The number of urea groups is 1. The molecule has 4 heteroatoms. The third-order valence-corrected chi connectivity index (χ3v) is 4.00. The summed E-state index contributed by atoms with van der Waals surface area (Å²) in [4.78, 5) is 13.1. The second kappa shape index (κ2) is 7.74. The lowest BCUT2D eigenvalue weighted by atomic mass is 10.1. The van der Waals surface area contributed by atoms with Gasteiger partial charge in [0.1, 0.15) is 0 Å². The van der Waals surface area contributed by atoms with Gasteiger partial charge >= 0.3 is 6.03 Å². The van der Waals surface area contributed by atoms with E-state index in [0.29, 0.717) is 6.54 Å². The lowest BCUT2D eigenvalue weighted by Crippen LogP contribution is -2.36. The van der Waals surface area contributed by atoms with E-state index in [4.69, 9.17) is 0 Å². The van der Waals surface area contributed by atoms with Gasteiger partial charge in [0.25, 0.3) is 0 Å². The highest BCUT2D eigenvalue weighted by molar-refractivity contribution is 7.98. The molecule has 0 spiro atoms. The summed E-state index contributed by atoms with van der Waals surface area (Å²) in [7, 11) is 0. The SMILES string of the molecule is CSc1ccc(C(C)NC(=O)NCc2ccccc2)cc1. The first-order valence-corrected chi connectivity index (χ1v) is 8.14. The number of carbonyl (C=O) groups excluding carboxylic acids is 1. The van der Waals surface area contributed by atoms with E-state index in [1.165, 1.54) is 4.90 Å². The Morgan fingerprint density at radius 3 is 2.38 bits per heavy atom. The van der Waals surface area contributed by atoms with Crippen molar-refractivity contribution in [2.75, 3.05) is 6.26 Å². The van der Waals surface area contributed by atoms with Crippen LogP contribution in [-0.2, 0) is 6.54 Å². The van der Waals surface area contributed by atoms with Crippen molar-refractivity contribution in [3.63, 3.8) is 0 Å². The standard InChI is InChI=1S/C17H20N2OS/c1-13(15-8-10-16(21-2)11-9-15)19-17(20)18-12-14-6-4-3-5-7-14/h3-11,13H,12H2,1-2H3,(H2,18,19,20). The van der Waals surface area contributed by atoms with E-state index in [9.17, 15) is 4.79 Å². The number of nitrogens with one attached hydrogen (secondary N) is 2. The van der Waals surface area contributed by atoms with Crippen molar-refractivity contribution < 1.29 is 4.79 Å². The second-order valence-corrected chi connectivity index (χ2v) is 5.69. The minimum atomic E-state index is -0.153. The molecule has 2 aromatic carbocycles. The fourth-order valence-corrected chi connectivity index (χ4v) is 2.41. The third-order valence-electron chi connectivity index (χ3n) is 3.26. The highest BCUT2D eigenvalue weighted by Gasteiger charge is 2.08. The molecule has 2 aromatic rings. The van der Waals surface area contributed by atoms with Crippen LogP contribution < -0.4 is 10.6 Å². The topological polar surface area (TPSA) is 41.1 Å². The molecule has 0 fully saturated rings. The molecule has 110 valence electrons. The minimum absolute atomic E-state index is 0.0170. The summed E-state index contributed by atoms with van der Waals surface area (Å²) in [5.41, 5.74) is 2.19. The Morgan fingerprint density at radius 2 is 1.76 bits per heavy atom. The first-order chi connectivity index (χ1) is 10.2. The van der Waals surface area contributed by atoms with Crippen LogP contribution in [0.3, 0.4) is 0 Å². The summed E-state index contributed by atoms with van der Waals surface area (Å²) < 4.78 is 0. The summed E-state index contributed by atoms with van der Waals surface area (Å²) in [6.45, 7) is 2.51. The zero-order valence-electron chi connectivity index (χ0n) is 12.3. The lowest BCUT2D eigenvalue weighted by Gasteiger charge is -2.15. The van der Waals surface area contributed by atoms with Crippen molar-refractivity contribution in [3.05, 3.63) is 65.7 Å². The number of benzene rings is 2. The van der Waals surface area contributed by atoms with Gasteiger partial charge in [-0.25, -0.2) is 4.79 Å². The van der Waals surface area contributed by atoms with Crippen molar-refractivity contribution in [2.24, 2.45) is 0 Å². The van der Waals surface area contributed by atoms with E-state index in [2.05, 4.69) is 22.8 Å². The van der Waals surface area contributed by atoms with E-state index < -0.39 is 0 Å². The molecule has 1 unspecified atom stereocenters. The molecule has 0 saturated heterocycles. The van der Waals surface area contributed by atoms with Gasteiger partial charge in [-0.3, -0.25) is 0 Å². The Kier molecular flexibility index (Phi) is 5.69. The highest BCUT2D eigenvalue weighted by Crippen LogP contribution is 2.18. The molecule has 0 heterocycles. The van der Waals surface area contributed by atoms with Gasteiger partial charge in [0.15, 0.2) is 0 Å². The third kappa shape index (κ3) is 4.83. The molecular formula is C17H20N2OS. The maximum Gasteiger partial charge on any atom is 0.315 e. The van der Waals surface area contributed by atoms with Crippen LogP contribution in [-0.4, -0.2) is 12.3 Å². The van der Waals surface area contributed by atoms with Gasteiger partial charge in [-0.15, -0.1) is 11.8 Å². The van der Waals surface area contributed by atoms with E-state index in [0.717, 1.165) is 11.1 Å². The summed E-state index contributed by atoms with van der Waals surface area (Å²) in [5, 5.41) is 5.82. The molecular weight excluding hydrogens is 280 g/mol. The molecule has 0 aromatic heterocycles. The van der Waals surface area contributed by atoms with E-state index in [-0.39, 0.29) is 12.1 Å². The molecule has 0 aliphatic rings. The summed E-state index contributed by atoms with van der Waals surface area (Å²) in [6, 6.07) is 17.9. The van der Waals surface area contributed by atoms with Gasteiger partial charge in [-0.2, -0.15) is 0 Å². The van der Waals surface area contributed by atoms with Crippen LogP contribution in [0, 0.1) is 0 Å². The Balaban J connectivity index is 1.83. The molecule has 0 radical (unpaired) electrons. The smallest absolute Gasteiger partial charge is 0.315 e. The van der Waals surface area contributed by atoms with Crippen LogP contribution >= 0.6 is 11.8 Å². The van der Waals surface area contributed by atoms with Gasteiger partial charge in [0.2, 0.25) is 0 Å². The molecule has 2 rings (SSSR count). The predicted molar refractivity (Wildman–Crippen MR) is 88.5 cm³/mol. The van der Waals surface area contributed by atoms with Gasteiger partial charge in [-0.05, 0) is 36.4 Å². The van der Waals surface area contributed by atoms with Gasteiger partial charge < -0.3 is 10.6 Å². The van der Waals surface area contributed by atoms with Crippen LogP contribution in [0.4, 0.5) is 4.79 Å². The zero-order valence-corrected chi connectivity index (χ0v) is 13.1. The molecule has 0 bridgehead atoms. The fraction of sp³-hybridized carbons (Fsp3) is 0.235. The molecule has 0 aliphatic heterocycles. The molecule has 3 nitrogen and oxygen atoms in total. The molecule has 0 aliphatic carbocycles. The number of rotatable bonds is 5. The maximum atomic E-state index is 11.9. The van der Waals surface area contributed by atoms with Crippen molar-refractivity contribution in [2.45, 2.75) is 24.4 Å². The fourth-order valence-electron chi connectivity index (χ4n) is 2.00. The summed E-state index contributed by atoms with van der Waals surface area (Å²) in [6.07, 6.45) is 2.05. The monoisotopic (exact) mass is 300 g/mol. The lowest BCUT2D eigenvalue weighted by molar-refractivity contribution is 0.237. The Bertz CT molecular complexity index is 569. The van der Waals surface area contributed by atoms with Crippen molar-refractivity contribution in [3.8, 4) is 0 Å². The van der Waals surface area contributed by atoms with Crippen molar-refractivity contribution in [1.29, 1.82) is 0 Å². The molecule has 2 amide bonds. The van der Waals surface area contributed by atoms with Crippen LogP contribution in [0.5, 0.6) is 0 Å². The average Bonchev–Trinajstić information content (AvgIpc) is 2.54. The largest absolute Gasteiger partial charge is 0.334 e. The summed E-state index contributed by atoms with van der Waals surface area (Å²) in [5.74, 6) is 0. The van der Waals surface area contributed by atoms with Crippen molar-refractivity contribution in [1.82, 2.24) is 10.6 Å². The molecule has 2 N–H and O–H groups in total. The zero-order chi connectivity index (χ0) is 15.1. The Morgan fingerprint density at radius 1 is 1.10 bits per heavy atom. The molecule has 1 atom stereocenters. The van der Waals surface area contributed by atoms with Crippen LogP contribution in [0.2, 0.25) is 0 Å². The molecule has 0 saturated carbocycles. The number of thioether (sulfide) groups is 1. The average molecular weight is 300 g/mol. The van der Waals surface area contributed by atoms with Gasteiger partial charge in [0.05, 0.1) is 6.04 Å². The second-order valence-electron chi connectivity index (χ2n) is 4.81. The number of hydrogen-bond donors (Lipinski definition) is 2. The first kappa shape index (κ1) is 15.4. The van der Waals surface area contributed by atoms with Crippen molar-refractivity contribution >= 4 is 17.8 Å². The first-order valence-electron chi connectivity index (χ1n) is 6.91. The maximum absolute atomic E-state index is 11.9.